The summed E-state index contributed by atoms with van der Waals surface area (Å²) in [5.74, 6) is -1.10. The molecule has 0 aliphatic carbocycles. The van der Waals surface area contributed by atoms with Crippen LogP contribution in [-0.2, 0) is 0 Å². The molecule has 0 unspecified atom stereocenters. The van der Waals surface area contributed by atoms with E-state index in [4.69, 9.17) is 9.94 Å². The molecule has 0 fully saturated rings. The van der Waals surface area contributed by atoms with Gasteiger partial charge in [0.1, 0.15) is 6.61 Å². The molecule has 0 amide bonds. The van der Waals surface area contributed by atoms with Gasteiger partial charge in [0.05, 0.1) is 6.20 Å². The number of carboxylic acids is 1. The highest BCUT2D eigenvalue weighted by Gasteiger charge is 2.11. The SMILES string of the molecule is CCCOn1nncc1C(=O)O. The van der Waals surface area contributed by atoms with Crippen LogP contribution in [-0.4, -0.2) is 32.8 Å². The number of aromatic carboxylic acids is 1. The average Bonchev–Trinajstić information content (AvgIpc) is 2.48. The maximum Gasteiger partial charge on any atom is 0.359 e. The standard InChI is InChI=1S/C6H9N3O3/c1-2-3-12-9-5(6(10)11)4-7-8-9/h4H,2-3H2,1H3,(H,10,11). The Balaban J connectivity index is 2.70. The molecule has 0 aromatic carbocycles. The van der Waals surface area contributed by atoms with Gasteiger partial charge in [0.25, 0.3) is 0 Å². The molecule has 12 heavy (non-hydrogen) atoms. The first kappa shape index (κ1) is 8.51. The van der Waals surface area contributed by atoms with Crippen molar-refractivity contribution in [3.8, 4) is 0 Å². The monoisotopic (exact) mass is 171 g/mol. The number of hydrogen-bond acceptors (Lipinski definition) is 4. The number of nitrogens with zero attached hydrogens (tertiary/aromatic N) is 3. The van der Waals surface area contributed by atoms with E-state index < -0.39 is 5.97 Å². The van der Waals surface area contributed by atoms with Gasteiger partial charge in [-0.2, -0.15) is 0 Å². The Morgan fingerprint density at radius 2 is 2.58 bits per heavy atom. The lowest BCUT2D eigenvalue weighted by molar-refractivity contribution is 0.0505. The summed E-state index contributed by atoms with van der Waals surface area (Å²) in [7, 11) is 0. The minimum Gasteiger partial charge on any atom is -0.476 e. The van der Waals surface area contributed by atoms with Gasteiger partial charge in [-0.25, -0.2) is 4.79 Å². The van der Waals surface area contributed by atoms with Gasteiger partial charge in [0.2, 0.25) is 5.69 Å². The predicted octanol–water partition coefficient (Wildman–Crippen LogP) is -0.185. The highest BCUT2D eigenvalue weighted by molar-refractivity contribution is 5.84. The van der Waals surface area contributed by atoms with Gasteiger partial charge in [-0.15, -0.1) is 5.10 Å². The van der Waals surface area contributed by atoms with Gasteiger partial charge in [0.15, 0.2) is 0 Å². The third kappa shape index (κ3) is 1.71. The molecule has 6 heteroatoms. The molecule has 66 valence electrons. The van der Waals surface area contributed by atoms with E-state index >= 15 is 0 Å². The fraction of sp³-hybridized carbons (Fsp3) is 0.500. The summed E-state index contributed by atoms with van der Waals surface area (Å²) in [4.78, 5) is 16.3. The van der Waals surface area contributed by atoms with Crippen molar-refractivity contribution in [2.24, 2.45) is 0 Å². The summed E-state index contributed by atoms with van der Waals surface area (Å²) >= 11 is 0. The van der Waals surface area contributed by atoms with E-state index in [1.54, 1.807) is 0 Å². The first-order valence-electron chi connectivity index (χ1n) is 3.53. The summed E-state index contributed by atoms with van der Waals surface area (Å²) in [6.45, 7) is 2.33. The van der Waals surface area contributed by atoms with Crippen LogP contribution in [0.15, 0.2) is 6.20 Å². The molecule has 0 aliphatic rings. The molecule has 0 atom stereocenters. The Labute approximate surface area is 68.7 Å². The van der Waals surface area contributed by atoms with Gasteiger partial charge < -0.3 is 9.94 Å². The highest BCUT2D eigenvalue weighted by atomic mass is 16.7. The fourth-order valence-electron chi connectivity index (χ4n) is 0.635. The number of carbonyl (C=O) groups is 1. The Morgan fingerprint density at radius 1 is 1.83 bits per heavy atom. The molecule has 0 aliphatic heterocycles. The first-order chi connectivity index (χ1) is 5.75. The van der Waals surface area contributed by atoms with Crippen LogP contribution in [0.5, 0.6) is 0 Å². The van der Waals surface area contributed by atoms with Crippen LogP contribution in [0.2, 0.25) is 0 Å². The third-order valence-electron chi connectivity index (χ3n) is 1.16. The zero-order valence-electron chi connectivity index (χ0n) is 6.60. The second kappa shape index (κ2) is 3.70. The van der Waals surface area contributed by atoms with Crippen molar-refractivity contribution >= 4 is 5.97 Å². The van der Waals surface area contributed by atoms with Crippen LogP contribution >= 0.6 is 0 Å². The minimum atomic E-state index is -1.10. The molecule has 6 nitrogen and oxygen atoms in total. The van der Waals surface area contributed by atoms with Gasteiger partial charge in [-0.3, -0.25) is 0 Å². The van der Waals surface area contributed by atoms with Crippen molar-refractivity contribution in [2.45, 2.75) is 13.3 Å². The van der Waals surface area contributed by atoms with Gasteiger partial charge in [-0.1, -0.05) is 11.8 Å². The average molecular weight is 171 g/mol. The molecular weight excluding hydrogens is 162 g/mol. The molecule has 0 bridgehead atoms. The Hall–Kier alpha value is -1.59. The maximum atomic E-state index is 10.5. The molecule has 0 spiro atoms. The Morgan fingerprint density at radius 3 is 3.17 bits per heavy atom. The summed E-state index contributed by atoms with van der Waals surface area (Å²) in [6.07, 6.45) is 1.93. The second-order valence-electron chi connectivity index (χ2n) is 2.13. The van der Waals surface area contributed by atoms with Crippen molar-refractivity contribution in [3.05, 3.63) is 11.9 Å². The maximum absolute atomic E-state index is 10.5. The van der Waals surface area contributed by atoms with Crippen LogP contribution in [0, 0.1) is 0 Å². The minimum absolute atomic E-state index is 0.0662. The Kier molecular flexibility index (Phi) is 2.62. The number of carboxylic acid groups (broad SMARTS) is 1. The predicted molar refractivity (Wildman–Crippen MR) is 38.7 cm³/mol. The van der Waals surface area contributed by atoms with Crippen LogP contribution in [0.1, 0.15) is 23.8 Å². The van der Waals surface area contributed by atoms with E-state index in [0.717, 1.165) is 17.5 Å². The van der Waals surface area contributed by atoms with E-state index in [-0.39, 0.29) is 5.69 Å². The summed E-state index contributed by atoms with van der Waals surface area (Å²) in [5, 5.41) is 15.4. The quantitative estimate of drug-likeness (QED) is 0.679. The fourth-order valence-corrected chi connectivity index (χ4v) is 0.635. The lowest BCUT2D eigenvalue weighted by Gasteiger charge is -2.02. The van der Waals surface area contributed by atoms with Crippen molar-refractivity contribution in [1.82, 2.24) is 15.2 Å². The van der Waals surface area contributed by atoms with Crippen LogP contribution in [0.3, 0.4) is 0 Å². The summed E-state index contributed by atoms with van der Waals surface area (Å²) in [6, 6.07) is 0. The molecule has 1 aromatic rings. The molecule has 0 saturated heterocycles. The lowest BCUT2D eigenvalue weighted by atomic mass is 10.5. The van der Waals surface area contributed by atoms with E-state index in [2.05, 4.69) is 10.3 Å². The van der Waals surface area contributed by atoms with Crippen molar-refractivity contribution < 1.29 is 14.7 Å². The number of aromatic nitrogens is 3. The van der Waals surface area contributed by atoms with E-state index in [1.165, 1.54) is 0 Å². The molecule has 1 rings (SSSR count). The normalized spacial score (nSPS) is 9.75. The first-order valence-corrected chi connectivity index (χ1v) is 3.53. The molecule has 1 heterocycles. The summed E-state index contributed by atoms with van der Waals surface area (Å²) < 4.78 is 0. The van der Waals surface area contributed by atoms with Gasteiger partial charge in [0, 0.05) is 0 Å². The molecule has 0 saturated carbocycles. The molecule has 1 N–H and O–H groups in total. The zero-order chi connectivity index (χ0) is 8.97. The highest BCUT2D eigenvalue weighted by Crippen LogP contribution is 1.93. The van der Waals surface area contributed by atoms with Crippen molar-refractivity contribution in [2.75, 3.05) is 6.61 Å². The van der Waals surface area contributed by atoms with E-state index in [9.17, 15) is 4.79 Å². The van der Waals surface area contributed by atoms with Gasteiger partial charge in [-0.05, 0) is 11.6 Å². The molecule has 0 radical (unpaired) electrons. The van der Waals surface area contributed by atoms with E-state index in [1.807, 2.05) is 6.92 Å². The third-order valence-corrected chi connectivity index (χ3v) is 1.16. The molecule has 1 aromatic heterocycles. The zero-order valence-corrected chi connectivity index (χ0v) is 6.60. The van der Waals surface area contributed by atoms with Gasteiger partial charge >= 0.3 is 5.97 Å². The van der Waals surface area contributed by atoms with Crippen LogP contribution < -0.4 is 4.84 Å². The largest absolute Gasteiger partial charge is 0.476 e. The lowest BCUT2D eigenvalue weighted by Crippen LogP contribution is -2.19. The van der Waals surface area contributed by atoms with Crippen molar-refractivity contribution in [3.63, 3.8) is 0 Å². The van der Waals surface area contributed by atoms with Crippen LogP contribution in [0.4, 0.5) is 0 Å². The second-order valence-corrected chi connectivity index (χ2v) is 2.13. The van der Waals surface area contributed by atoms with Crippen LogP contribution in [0.25, 0.3) is 0 Å². The summed E-state index contributed by atoms with van der Waals surface area (Å²) in [5.41, 5.74) is -0.0662. The number of hydrogen-bond donors (Lipinski definition) is 1. The van der Waals surface area contributed by atoms with Crippen molar-refractivity contribution in [1.29, 1.82) is 0 Å². The smallest absolute Gasteiger partial charge is 0.359 e. The number of rotatable bonds is 4. The Bertz CT molecular complexity index is 271. The topological polar surface area (TPSA) is 77.2 Å². The molecular formula is C6H9N3O3. The van der Waals surface area contributed by atoms with E-state index in [0.29, 0.717) is 6.61 Å².